The van der Waals surface area contributed by atoms with E-state index in [0.717, 1.165) is 4.90 Å². The van der Waals surface area contributed by atoms with Gasteiger partial charge in [0.15, 0.2) is 0 Å². The molecule has 9 heteroatoms. The second-order valence-electron chi connectivity index (χ2n) is 5.27. The SMILES string of the molecule is COCCOC(=O)N1C(=O)N=C(C)C(C#N)C1c1cc(Cl)cc(Cl)c1. The van der Waals surface area contributed by atoms with E-state index in [0.29, 0.717) is 21.3 Å². The molecule has 0 N–H and O–H groups in total. The van der Waals surface area contributed by atoms with E-state index in [9.17, 15) is 14.9 Å². The maximum absolute atomic E-state index is 12.4. The number of benzene rings is 1. The highest BCUT2D eigenvalue weighted by Gasteiger charge is 2.43. The van der Waals surface area contributed by atoms with E-state index < -0.39 is 24.1 Å². The van der Waals surface area contributed by atoms with Gasteiger partial charge in [0.2, 0.25) is 0 Å². The van der Waals surface area contributed by atoms with Gasteiger partial charge in [-0.25, -0.2) is 19.5 Å². The zero-order valence-electron chi connectivity index (χ0n) is 13.5. The Labute approximate surface area is 154 Å². The number of aliphatic imine (C=N–C) groups is 1. The van der Waals surface area contributed by atoms with Crippen LogP contribution in [0.4, 0.5) is 9.59 Å². The number of amides is 3. The van der Waals surface area contributed by atoms with Crippen molar-refractivity contribution in [3.63, 3.8) is 0 Å². The second kappa shape index (κ2) is 8.30. The molecule has 0 saturated heterocycles. The van der Waals surface area contributed by atoms with Crippen LogP contribution in [0.25, 0.3) is 0 Å². The second-order valence-corrected chi connectivity index (χ2v) is 6.14. The minimum atomic E-state index is -0.943. The minimum absolute atomic E-state index is 0.0396. The summed E-state index contributed by atoms with van der Waals surface area (Å²) in [4.78, 5) is 29.3. The molecular formula is C16H15Cl2N3O4. The highest BCUT2D eigenvalue weighted by atomic mass is 35.5. The van der Waals surface area contributed by atoms with Gasteiger partial charge in [-0.2, -0.15) is 5.26 Å². The molecule has 0 saturated carbocycles. The van der Waals surface area contributed by atoms with E-state index in [4.69, 9.17) is 32.7 Å². The monoisotopic (exact) mass is 383 g/mol. The molecule has 0 fully saturated rings. The Morgan fingerprint density at radius 3 is 2.52 bits per heavy atom. The molecule has 1 aliphatic rings. The molecule has 0 spiro atoms. The number of carbonyl (C=O) groups is 2. The first kappa shape index (κ1) is 19.2. The molecule has 2 atom stereocenters. The summed E-state index contributed by atoms with van der Waals surface area (Å²) in [5, 5.41) is 10.2. The first-order chi connectivity index (χ1) is 11.9. The van der Waals surface area contributed by atoms with Crippen molar-refractivity contribution in [1.82, 2.24) is 4.90 Å². The number of nitrogens with zero attached hydrogens (tertiary/aromatic N) is 3. The Morgan fingerprint density at radius 1 is 1.32 bits per heavy atom. The number of halogens is 2. The van der Waals surface area contributed by atoms with Gasteiger partial charge in [-0.15, -0.1) is 0 Å². The van der Waals surface area contributed by atoms with Crippen LogP contribution in [0.5, 0.6) is 0 Å². The molecule has 0 radical (unpaired) electrons. The van der Waals surface area contributed by atoms with Crippen molar-refractivity contribution in [2.75, 3.05) is 20.3 Å². The number of urea groups is 1. The van der Waals surface area contributed by atoms with Gasteiger partial charge in [0.25, 0.3) is 0 Å². The van der Waals surface area contributed by atoms with Crippen LogP contribution in [-0.4, -0.2) is 43.1 Å². The molecule has 2 unspecified atom stereocenters. The molecule has 0 bridgehead atoms. The molecule has 7 nitrogen and oxygen atoms in total. The molecule has 2 rings (SSSR count). The van der Waals surface area contributed by atoms with E-state index >= 15 is 0 Å². The van der Waals surface area contributed by atoms with Crippen molar-refractivity contribution in [1.29, 1.82) is 5.26 Å². The van der Waals surface area contributed by atoms with Crippen LogP contribution < -0.4 is 0 Å². The average molecular weight is 384 g/mol. The lowest BCUT2D eigenvalue weighted by atomic mass is 9.88. The molecule has 1 aromatic rings. The van der Waals surface area contributed by atoms with Gasteiger partial charge >= 0.3 is 12.1 Å². The number of carbonyl (C=O) groups excluding carboxylic acids is 2. The lowest BCUT2D eigenvalue weighted by Crippen LogP contribution is -2.47. The summed E-state index contributed by atoms with van der Waals surface area (Å²) in [5.41, 5.74) is 0.741. The highest BCUT2D eigenvalue weighted by molar-refractivity contribution is 6.34. The van der Waals surface area contributed by atoms with Gasteiger partial charge in [-0.05, 0) is 30.7 Å². The first-order valence-electron chi connectivity index (χ1n) is 7.28. The van der Waals surface area contributed by atoms with Crippen LogP contribution in [0, 0.1) is 17.2 Å². The maximum Gasteiger partial charge on any atom is 0.418 e. The van der Waals surface area contributed by atoms with Crippen molar-refractivity contribution in [2.45, 2.75) is 13.0 Å². The highest BCUT2D eigenvalue weighted by Crippen LogP contribution is 2.36. The van der Waals surface area contributed by atoms with Crippen molar-refractivity contribution in [3.05, 3.63) is 33.8 Å². The third-order valence-electron chi connectivity index (χ3n) is 3.60. The first-order valence-corrected chi connectivity index (χ1v) is 8.04. The molecule has 0 aromatic heterocycles. The molecule has 25 heavy (non-hydrogen) atoms. The molecule has 3 amide bonds. The Bertz CT molecular complexity index is 740. The van der Waals surface area contributed by atoms with Crippen LogP contribution in [0.2, 0.25) is 10.0 Å². The molecular weight excluding hydrogens is 369 g/mol. The van der Waals surface area contributed by atoms with Gasteiger partial charge in [0.1, 0.15) is 12.5 Å². The van der Waals surface area contributed by atoms with Crippen molar-refractivity contribution >= 4 is 41.0 Å². The summed E-state index contributed by atoms with van der Waals surface area (Å²) in [6, 6.07) is 4.92. The Kier molecular flexibility index (Phi) is 6.37. The van der Waals surface area contributed by atoms with Gasteiger partial charge in [0.05, 0.1) is 18.7 Å². The number of methoxy groups -OCH3 is 1. The smallest absolute Gasteiger partial charge is 0.418 e. The molecule has 1 aromatic carbocycles. The number of imide groups is 1. The van der Waals surface area contributed by atoms with E-state index in [1.54, 1.807) is 19.1 Å². The topological polar surface area (TPSA) is 92.0 Å². The number of rotatable bonds is 4. The minimum Gasteiger partial charge on any atom is -0.447 e. The Hall–Kier alpha value is -2.14. The summed E-state index contributed by atoms with van der Waals surface area (Å²) < 4.78 is 9.84. The normalized spacial score (nSPS) is 20.0. The van der Waals surface area contributed by atoms with Gasteiger partial charge in [0, 0.05) is 22.9 Å². The van der Waals surface area contributed by atoms with Gasteiger partial charge in [-0.3, -0.25) is 0 Å². The Balaban J connectivity index is 2.47. The van der Waals surface area contributed by atoms with E-state index in [2.05, 4.69) is 11.1 Å². The fourth-order valence-electron chi connectivity index (χ4n) is 2.50. The summed E-state index contributed by atoms with van der Waals surface area (Å²) in [5.74, 6) is -0.845. The predicted octanol–water partition coefficient (Wildman–Crippen LogP) is 3.85. The zero-order chi connectivity index (χ0) is 18.6. The quantitative estimate of drug-likeness (QED) is 0.736. The average Bonchev–Trinajstić information content (AvgIpc) is 2.53. The standard InChI is InChI=1S/C16H15Cl2N3O4/c1-9-13(8-19)14(10-5-11(17)7-12(18)6-10)21(15(22)20-9)16(23)25-4-3-24-2/h5-7,13-14H,3-4H2,1-2H3. The van der Waals surface area contributed by atoms with Crippen LogP contribution in [0.3, 0.4) is 0 Å². The van der Waals surface area contributed by atoms with E-state index in [1.807, 2.05) is 0 Å². The summed E-state index contributed by atoms with van der Waals surface area (Å²) in [7, 11) is 1.45. The van der Waals surface area contributed by atoms with Crippen molar-refractivity contribution in [2.24, 2.45) is 10.9 Å². The molecule has 0 aliphatic carbocycles. The van der Waals surface area contributed by atoms with Crippen LogP contribution >= 0.6 is 23.2 Å². The number of nitriles is 1. The van der Waals surface area contributed by atoms with Crippen molar-refractivity contribution in [3.8, 4) is 6.07 Å². The zero-order valence-corrected chi connectivity index (χ0v) is 15.0. The largest absolute Gasteiger partial charge is 0.447 e. The lowest BCUT2D eigenvalue weighted by Gasteiger charge is -2.34. The van der Waals surface area contributed by atoms with E-state index in [-0.39, 0.29) is 13.2 Å². The summed E-state index contributed by atoms with van der Waals surface area (Å²) >= 11 is 12.1. The molecule has 132 valence electrons. The maximum atomic E-state index is 12.4. The molecule has 1 heterocycles. The van der Waals surface area contributed by atoms with Crippen molar-refractivity contribution < 1.29 is 19.1 Å². The third-order valence-corrected chi connectivity index (χ3v) is 4.03. The number of ether oxygens (including phenoxy) is 2. The fourth-order valence-corrected chi connectivity index (χ4v) is 3.04. The predicted molar refractivity (Wildman–Crippen MR) is 91.9 cm³/mol. The summed E-state index contributed by atoms with van der Waals surface area (Å²) in [6.07, 6.45) is -0.917. The third kappa shape index (κ3) is 4.28. The van der Waals surface area contributed by atoms with E-state index in [1.165, 1.54) is 13.2 Å². The van der Waals surface area contributed by atoms with Gasteiger partial charge in [-0.1, -0.05) is 23.2 Å². The van der Waals surface area contributed by atoms with Crippen LogP contribution in [0.1, 0.15) is 18.5 Å². The Morgan fingerprint density at radius 2 is 1.96 bits per heavy atom. The lowest BCUT2D eigenvalue weighted by molar-refractivity contribution is 0.0681. The number of hydrogen-bond acceptors (Lipinski definition) is 5. The fraction of sp³-hybridized carbons (Fsp3) is 0.375. The molecule has 1 aliphatic heterocycles. The summed E-state index contributed by atoms with van der Waals surface area (Å²) in [6.45, 7) is 1.69. The van der Waals surface area contributed by atoms with Crippen LogP contribution in [-0.2, 0) is 9.47 Å². The van der Waals surface area contributed by atoms with Crippen LogP contribution in [0.15, 0.2) is 23.2 Å². The van der Waals surface area contributed by atoms with Gasteiger partial charge < -0.3 is 9.47 Å². The number of hydrogen-bond donors (Lipinski definition) is 0.